The topological polar surface area (TPSA) is 38.5 Å². The van der Waals surface area contributed by atoms with Crippen molar-refractivity contribution < 1.29 is 4.74 Å². The van der Waals surface area contributed by atoms with Gasteiger partial charge in [-0.15, -0.1) is 0 Å². The second-order valence-electron chi connectivity index (χ2n) is 5.62. The summed E-state index contributed by atoms with van der Waals surface area (Å²) in [5.74, 6) is 0.896. The Morgan fingerprint density at radius 1 is 1.16 bits per heavy atom. The number of anilines is 1. The zero-order chi connectivity index (χ0) is 13.5. The van der Waals surface area contributed by atoms with Gasteiger partial charge in [-0.3, -0.25) is 0 Å². The summed E-state index contributed by atoms with van der Waals surface area (Å²) >= 11 is 0. The molecular weight excluding hydrogens is 236 g/mol. The lowest BCUT2D eigenvalue weighted by atomic mass is 10.1. The molecule has 1 aliphatic rings. The standard InChI is InChI=1S/C16H20N2O/c1-18(11-16(17)7-8-16)14-5-3-13-10-15(19-2)6-4-12(13)9-14/h3-6,9-10H,7-8,11,17H2,1-2H3. The van der Waals surface area contributed by atoms with E-state index >= 15 is 0 Å². The number of nitrogens with two attached hydrogens (primary N) is 1. The van der Waals surface area contributed by atoms with Crippen LogP contribution in [0.3, 0.4) is 0 Å². The van der Waals surface area contributed by atoms with Gasteiger partial charge < -0.3 is 15.4 Å². The van der Waals surface area contributed by atoms with E-state index in [9.17, 15) is 0 Å². The third-order valence-electron chi connectivity index (χ3n) is 3.92. The van der Waals surface area contributed by atoms with Crippen LogP contribution in [0.4, 0.5) is 5.69 Å². The predicted octanol–water partition coefficient (Wildman–Crippen LogP) is 2.78. The minimum atomic E-state index is 0.0453. The molecule has 2 aromatic rings. The van der Waals surface area contributed by atoms with Gasteiger partial charge in [-0.05, 0) is 47.9 Å². The van der Waals surface area contributed by atoms with Gasteiger partial charge in [0.1, 0.15) is 5.75 Å². The number of ether oxygens (including phenoxy) is 1. The van der Waals surface area contributed by atoms with E-state index in [-0.39, 0.29) is 5.54 Å². The van der Waals surface area contributed by atoms with Crippen molar-refractivity contribution in [1.29, 1.82) is 0 Å². The van der Waals surface area contributed by atoms with E-state index in [1.165, 1.54) is 16.5 Å². The smallest absolute Gasteiger partial charge is 0.119 e. The number of benzene rings is 2. The number of nitrogens with zero attached hydrogens (tertiary/aromatic N) is 1. The number of hydrogen-bond acceptors (Lipinski definition) is 3. The molecule has 3 nitrogen and oxygen atoms in total. The van der Waals surface area contributed by atoms with Crippen molar-refractivity contribution in [3.63, 3.8) is 0 Å². The van der Waals surface area contributed by atoms with Crippen LogP contribution < -0.4 is 15.4 Å². The summed E-state index contributed by atoms with van der Waals surface area (Å²) in [5, 5.41) is 2.43. The highest BCUT2D eigenvalue weighted by Crippen LogP contribution is 2.34. The molecule has 2 aromatic carbocycles. The third kappa shape index (κ3) is 2.51. The van der Waals surface area contributed by atoms with Gasteiger partial charge >= 0.3 is 0 Å². The summed E-state index contributed by atoms with van der Waals surface area (Å²) in [6.45, 7) is 0.925. The number of methoxy groups -OCH3 is 1. The Kier molecular flexibility index (Phi) is 2.86. The minimum absolute atomic E-state index is 0.0453. The molecule has 3 heteroatoms. The molecule has 0 unspecified atom stereocenters. The van der Waals surface area contributed by atoms with Gasteiger partial charge in [-0.25, -0.2) is 0 Å². The fraction of sp³-hybridized carbons (Fsp3) is 0.375. The summed E-state index contributed by atoms with van der Waals surface area (Å²) in [5.41, 5.74) is 7.44. The molecule has 0 heterocycles. The van der Waals surface area contributed by atoms with Crippen LogP contribution in [0.1, 0.15) is 12.8 Å². The van der Waals surface area contributed by atoms with E-state index in [4.69, 9.17) is 10.5 Å². The van der Waals surface area contributed by atoms with Gasteiger partial charge in [-0.1, -0.05) is 12.1 Å². The molecule has 3 rings (SSSR count). The first kappa shape index (κ1) is 12.3. The van der Waals surface area contributed by atoms with Crippen LogP contribution in [0.2, 0.25) is 0 Å². The highest BCUT2D eigenvalue weighted by molar-refractivity contribution is 5.87. The Hall–Kier alpha value is -1.74. The molecule has 0 spiro atoms. The molecule has 0 atom stereocenters. The first-order valence-electron chi connectivity index (χ1n) is 6.67. The maximum absolute atomic E-state index is 6.18. The van der Waals surface area contributed by atoms with Gasteiger partial charge in [-0.2, -0.15) is 0 Å². The van der Waals surface area contributed by atoms with Crippen LogP contribution >= 0.6 is 0 Å². The molecule has 1 fully saturated rings. The van der Waals surface area contributed by atoms with Crippen LogP contribution in [0, 0.1) is 0 Å². The number of likely N-dealkylation sites (N-methyl/N-ethyl adjacent to an activating group) is 1. The lowest BCUT2D eigenvalue weighted by molar-refractivity contribution is 0.415. The minimum Gasteiger partial charge on any atom is -0.497 e. The van der Waals surface area contributed by atoms with Gasteiger partial charge in [0.2, 0.25) is 0 Å². The zero-order valence-electron chi connectivity index (χ0n) is 11.5. The summed E-state index contributed by atoms with van der Waals surface area (Å²) in [6, 6.07) is 12.6. The first-order chi connectivity index (χ1) is 9.09. The van der Waals surface area contributed by atoms with Crippen LogP contribution in [0.15, 0.2) is 36.4 Å². The molecule has 100 valence electrons. The molecule has 2 N–H and O–H groups in total. The molecule has 0 aliphatic heterocycles. The van der Waals surface area contributed by atoms with E-state index < -0.39 is 0 Å². The maximum atomic E-state index is 6.18. The molecule has 1 aliphatic carbocycles. The van der Waals surface area contributed by atoms with Crippen molar-refractivity contribution in [3.05, 3.63) is 36.4 Å². The maximum Gasteiger partial charge on any atom is 0.119 e. The Morgan fingerprint density at radius 3 is 2.53 bits per heavy atom. The quantitative estimate of drug-likeness (QED) is 0.914. The van der Waals surface area contributed by atoms with E-state index in [1.54, 1.807) is 7.11 Å². The highest BCUT2D eigenvalue weighted by atomic mass is 16.5. The van der Waals surface area contributed by atoms with Gasteiger partial charge in [0.05, 0.1) is 7.11 Å². The summed E-state index contributed by atoms with van der Waals surface area (Å²) in [7, 11) is 3.80. The van der Waals surface area contributed by atoms with Crippen molar-refractivity contribution in [2.45, 2.75) is 18.4 Å². The van der Waals surface area contributed by atoms with Gasteiger partial charge in [0.25, 0.3) is 0 Å². The predicted molar refractivity (Wildman–Crippen MR) is 79.9 cm³/mol. The Bertz CT molecular complexity index is 605. The van der Waals surface area contributed by atoms with Crippen molar-refractivity contribution in [2.75, 3.05) is 25.6 Å². The Balaban J connectivity index is 1.88. The lowest BCUT2D eigenvalue weighted by Crippen LogP contribution is -2.37. The molecule has 19 heavy (non-hydrogen) atoms. The average molecular weight is 256 g/mol. The fourth-order valence-electron chi connectivity index (χ4n) is 2.46. The van der Waals surface area contributed by atoms with E-state index in [0.717, 1.165) is 25.1 Å². The van der Waals surface area contributed by atoms with Crippen LogP contribution in [-0.2, 0) is 0 Å². The molecule has 0 bridgehead atoms. The third-order valence-corrected chi connectivity index (χ3v) is 3.92. The molecule has 0 radical (unpaired) electrons. The van der Waals surface area contributed by atoms with Crippen LogP contribution in [0.25, 0.3) is 10.8 Å². The Labute approximate surface area is 114 Å². The van der Waals surface area contributed by atoms with Crippen molar-refractivity contribution in [1.82, 2.24) is 0 Å². The summed E-state index contributed by atoms with van der Waals surface area (Å²) < 4.78 is 5.25. The second kappa shape index (κ2) is 4.42. The molecular formula is C16H20N2O. The zero-order valence-corrected chi connectivity index (χ0v) is 11.5. The second-order valence-corrected chi connectivity index (χ2v) is 5.62. The summed E-state index contributed by atoms with van der Waals surface area (Å²) in [6.07, 6.45) is 2.28. The number of rotatable bonds is 4. The average Bonchev–Trinajstić information content (AvgIpc) is 3.14. The number of hydrogen-bond donors (Lipinski definition) is 1. The molecule has 0 saturated heterocycles. The fourth-order valence-corrected chi connectivity index (χ4v) is 2.46. The van der Waals surface area contributed by atoms with Crippen LogP contribution in [0.5, 0.6) is 5.75 Å². The van der Waals surface area contributed by atoms with Crippen LogP contribution in [-0.4, -0.2) is 26.2 Å². The molecule has 0 aromatic heterocycles. The largest absolute Gasteiger partial charge is 0.497 e. The highest BCUT2D eigenvalue weighted by Gasteiger charge is 2.39. The number of fused-ring (bicyclic) bond motifs is 1. The van der Waals surface area contributed by atoms with Crippen molar-refractivity contribution >= 4 is 16.5 Å². The Morgan fingerprint density at radius 2 is 1.84 bits per heavy atom. The SMILES string of the molecule is COc1ccc2cc(N(C)CC3(N)CC3)ccc2c1. The van der Waals surface area contributed by atoms with Crippen molar-refractivity contribution in [2.24, 2.45) is 5.73 Å². The van der Waals surface area contributed by atoms with Gasteiger partial charge in [0.15, 0.2) is 0 Å². The lowest BCUT2D eigenvalue weighted by Gasteiger charge is -2.23. The van der Waals surface area contributed by atoms with E-state index in [1.807, 2.05) is 6.07 Å². The normalized spacial score (nSPS) is 16.4. The van der Waals surface area contributed by atoms with E-state index in [0.29, 0.717) is 0 Å². The monoisotopic (exact) mass is 256 g/mol. The molecule has 1 saturated carbocycles. The molecule has 0 amide bonds. The van der Waals surface area contributed by atoms with Crippen molar-refractivity contribution in [3.8, 4) is 5.75 Å². The summed E-state index contributed by atoms with van der Waals surface area (Å²) in [4.78, 5) is 2.25. The first-order valence-corrected chi connectivity index (χ1v) is 6.67. The van der Waals surface area contributed by atoms with Gasteiger partial charge in [0, 0.05) is 24.8 Å². The van der Waals surface area contributed by atoms with E-state index in [2.05, 4.69) is 42.3 Å².